The van der Waals surface area contributed by atoms with Crippen molar-refractivity contribution in [1.82, 2.24) is 20.0 Å². The summed E-state index contributed by atoms with van der Waals surface area (Å²) >= 11 is 12.3. The van der Waals surface area contributed by atoms with Crippen molar-refractivity contribution in [3.63, 3.8) is 0 Å². The molecule has 0 spiro atoms. The van der Waals surface area contributed by atoms with Crippen molar-refractivity contribution < 1.29 is 14.3 Å². The third-order valence-electron chi connectivity index (χ3n) is 7.97. The van der Waals surface area contributed by atoms with E-state index < -0.39 is 6.10 Å². The van der Waals surface area contributed by atoms with E-state index in [-0.39, 0.29) is 23.9 Å². The Bertz CT molecular complexity index is 1120. The Morgan fingerprint density at radius 1 is 1.05 bits per heavy atom. The van der Waals surface area contributed by atoms with E-state index in [9.17, 15) is 9.59 Å². The number of nitrogens with one attached hydrogen (secondary N) is 1. The van der Waals surface area contributed by atoms with Gasteiger partial charge in [0.1, 0.15) is 6.10 Å². The van der Waals surface area contributed by atoms with Crippen LogP contribution in [-0.2, 0) is 20.7 Å². The maximum Gasteiger partial charge on any atom is 0.252 e. The molecule has 0 aliphatic carbocycles. The molecule has 37 heavy (non-hydrogen) atoms. The molecule has 3 heterocycles. The zero-order valence-corrected chi connectivity index (χ0v) is 22.6. The van der Waals surface area contributed by atoms with Crippen LogP contribution in [0.4, 0.5) is 0 Å². The molecule has 2 unspecified atom stereocenters. The van der Waals surface area contributed by atoms with Crippen LogP contribution in [0.3, 0.4) is 0 Å². The zero-order valence-electron chi connectivity index (χ0n) is 21.1. The van der Waals surface area contributed by atoms with Gasteiger partial charge in [-0.3, -0.25) is 14.5 Å². The number of hydrogen-bond acceptors (Lipinski definition) is 5. The van der Waals surface area contributed by atoms with E-state index in [1.807, 2.05) is 52.3 Å². The van der Waals surface area contributed by atoms with E-state index in [2.05, 4.69) is 10.2 Å². The molecular formula is C28H34Cl2N4O3. The summed E-state index contributed by atoms with van der Waals surface area (Å²) in [6.07, 6.45) is 1.53. The van der Waals surface area contributed by atoms with Gasteiger partial charge in [0, 0.05) is 71.3 Å². The SMILES string of the molecule is CO[C@@H](Cc1ccccc1)C(=O)N1CC2C[C@H]1CN2CCC(=O)N1CCNCC1c1ccc(Cl)c(Cl)c1. The van der Waals surface area contributed by atoms with Crippen LogP contribution < -0.4 is 5.32 Å². The number of fused-ring (bicyclic) bond motifs is 2. The third kappa shape index (κ3) is 5.81. The number of nitrogens with zero attached hydrogens (tertiary/aromatic N) is 3. The van der Waals surface area contributed by atoms with Crippen LogP contribution in [0.5, 0.6) is 0 Å². The molecule has 2 bridgehead atoms. The Balaban J connectivity index is 1.15. The van der Waals surface area contributed by atoms with Gasteiger partial charge in [-0.05, 0) is 29.7 Å². The largest absolute Gasteiger partial charge is 0.371 e. The number of likely N-dealkylation sites (tertiary alicyclic amines) is 2. The lowest BCUT2D eigenvalue weighted by atomic mass is 10.0. The number of amides is 2. The number of carbonyl (C=O) groups is 2. The quantitative estimate of drug-likeness (QED) is 0.551. The van der Waals surface area contributed by atoms with Gasteiger partial charge in [-0.25, -0.2) is 0 Å². The Morgan fingerprint density at radius 2 is 1.86 bits per heavy atom. The average molecular weight is 546 g/mol. The molecule has 5 rings (SSSR count). The topological polar surface area (TPSA) is 65.1 Å². The molecule has 7 nitrogen and oxygen atoms in total. The molecule has 0 saturated carbocycles. The third-order valence-corrected chi connectivity index (χ3v) is 8.71. The van der Waals surface area contributed by atoms with Gasteiger partial charge < -0.3 is 19.9 Å². The first-order chi connectivity index (χ1) is 17.9. The summed E-state index contributed by atoms with van der Waals surface area (Å²) < 4.78 is 5.59. The van der Waals surface area contributed by atoms with E-state index >= 15 is 0 Å². The van der Waals surface area contributed by atoms with E-state index in [0.29, 0.717) is 55.1 Å². The molecule has 4 atom stereocenters. The van der Waals surface area contributed by atoms with Crippen molar-refractivity contribution in [2.45, 2.75) is 43.5 Å². The monoisotopic (exact) mass is 544 g/mol. The van der Waals surface area contributed by atoms with Gasteiger partial charge in [-0.1, -0.05) is 59.6 Å². The van der Waals surface area contributed by atoms with Crippen molar-refractivity contribution in [1.29, 1.82) is 0 Å². The van der Waals surface area contributed by atoms with E-state index in [1.54, 1.807) is 13.2 Å². The first kappa shape index (κ1) is 26.4. The number of halogens is 2. The summed E-state index contributed by atoms with van der Waals surface area (Å²) in [5.41, 5.74) is 2.09. The van der Waals surface area contributed by atoms with Crippen LogP contribution >= 0.6 is 23.2 Å². The fraction of sp³-hybridized carbons (Fsp3) is 0.500. The molecule has 0 aromatic heterocycles. The summed E-state index contributed by atoms with van der Waals surface area (Å²) in [7, 11) is 1.61. The first-order valence-corrected chi connectivity index (χ1v) is 13.8. The van der Waals surface area contributed by atoms with Crippen LogP contribution in [0.2, 0.25) is 10.0 Å². The Hall–Kier alpha value is -2.16. The van der Waals surface area contributed by atoms with Crippen LogP contribution in [0, 0.1) is 0 Å². The second kappa shape index (κ2) is 11.7. The van der Waals surface area contributed by atoms with Crippen molar-refractivity contribution in [2.75, 3.05) is 46.4 Å². The second-order valence-corrected chi connectivity index (χ2v) is 11.0. The molecule has 3 aliphatic heterocycles. The molecule has 1 N–H and O–H groups in total. The first-order valence-electron chi connectivity index (χ1n) is 13.0. The molecule has 3 fully saturated rings. The minimum atomic E-state index is -0.470. The summed E-state index contributed by atoms with van der Waals surface area (Å²) in [4.78, 5) is 32.9. The standard InChI is InChI=1S/C28H34Cl2N4O3/c1-37-26(13-19-5-3-2-4-6-19)28(36)34-18-21-15-22(34)17-32(21)11-9-27(35)33-12-10-31-16-25(33)20-7-8-23(29)24(30)14-20/h2-8,14,21-22,25-26,31H,9-13,15-18H2,1H3/t21?,22-,25?,26-/m0/s1. The van der Waals surface area contributed by atoms with Crippen LogP contribution in [0.1, 0.15) is 30.0 Å². The van der Waals surface area contributed by atoms with E-state index in [1.165, 1.54) is 0 Å². The van der Waals surface area contributed by atoms with Crippen LogP contribution in [0.25, 0.3) is 0 Å². The maximum atomic E-state index is 13.3. The van der Waals surface area contributed by atoms with Gasteiger partial charge in [-0.2, -0.15) is 0 Å². The van der Waals surface area contributed by atoms with Crippen molar-refractivity contribution in [2.24, 2.45) is 0 Å². The van der Waals surface area contributed by atoms with E-state index in [0.717, 1.165) is 30.6 Å². The normalized spacial score (nSPS) is 24.5. The number of benzene rings is 2. The lowest BCUT2D eigenvalue weighted by Gasteiger charge is -2.38. The maximum absolute atomic E-state index is 13.3. The summed E-state index contributed by atoms with van der Waals surface area (Å²) in [5, 5.41) is 4.41. The lowest BCUT2D eigenvalue weighted by molar-refractivity contribution is -0.144. The molecule has 3 saturated heterocycles. The minimum Gasteiger partial charge on any atom is -0.371 e. The predicted octanol–water partition coefficient (Wildman–Crippen LogP) is 3.40. The number of hydrogen-bond donors (Lipinski definition) is 1. The number of methoxy groups -OCH3 is 1. The highest BCUT2D eigenvalue weighted by molar-refractivity contribution is 6.42. The number of carbonyl (C=O) groups excluding carboxylic acids is 2. The highest BCUT2D eigenvalue weighted by Crippen LogP contribution is 2.33. The summed E-state index contributed by atoms with van der Waals surface area (Å²) in [6.45, 7) is 4.35. The van der Waals surface area contributed by atoms with Crippen molar-refractivity contribution in [3.05, 3.63) is 69.7 Å². The highest BCUT2D eigenvalue weighted by atomic mass is 35.5. The Morgan fingerprint density at radius 3 is 2.57 bits per heavy atom. The molecule has 2 amide bonds. The average Bonchev–Trinajstić information content (AvgIpc) is 3.53. The molecular weight excluding hydrogens is 511 g/mol. The minimum absolute atomic E-state index is 0.0604. The number of rotatable bonds is 8. The zero-order chi connectivity index (χ0) is 25.9. The lowest BCUT2D eigenvalue weighted by Crippen LogP contribution is -2.53. The highest BCUT2D eigenvalue weighted by Gasteiger charge is 2.46. The number of ether oxygens (including phenoxy) is 1. The summed E-state index contributed by atoms with van der Waals surface area (Å²) in [5.74, 6) is 0.218. The Labute approximate surface area is 228 Å². The molecule has 0 radical (unpaired) electrons. The molecule has 2 aromatic carbocycles. The molecule has 9 heteroatoms. The summed E-state index contributed by atoms with van der Waals surface area (Å²) in [6, 6.07) is 16.0. The molecule has 2 aromatic rings. The van der Waals surface area contributed by atoms with Gasteiger partial charge in [-0.15, -0.1) is 0 Å². The van der Waals surface area contributed by atoms with Gasteiger partial charge in [0.05, 0.1) is 16.1 Å². The Kier molecular flexibility index (Phi) is 8.37. The predicted molar refractivity (Wildman–Crippen MR) is 145 cm³/mol. The fourth-order valence-corrected chi connectivity index (χ4v) is 6.29. The van der Waals surface area contributed by atoms with Gasteiger partial charge in [0.25, 0.3) is 5.91 Å². The van der Waals surface area contributed by atoms with Gasteiger partial charge in [0.2, 0.25) is 5.91 Å². The molecule has 3 aliphatic rings. The van der Waals surface area contributed by atoms with Gasteiger partial charge >= 0.3 is 0 Å². The van der Waals surface area contributed by atoms with Gasteiger partial charge in [0.15, 0.2) is 0 Å². The second-order valence-electron chi connectivity index (χ2n) is 10.2. The smallest absolute Gasteiger partial charge is 0.252 e. The van der Waals surface area contributed by atoms with Crippen molar-refractivity contribution in [3.8, 4) is 0 Å². The van der Waals surface area contributed by atoms with Crippen LogP contribution in [0.15, 0.2) is 48.5 Å². The number of piperazine rings is 2. The molecule has 198 valence electrons. The fourth-order valence-electron chi connectivity index (χ4n) is 5.98. The van der Waals surface area contributed by atoms with E-state index in [4.69, 9.17) is 27.9 Å². The van der Waals surface area contributed by atoms with Crippen molar-refractivity contribution >= 4 is 35.0 Å². The van der Waals surface area contributed by atoms with Crippen LogP contribution in [-0.4, -0.2) is 91.1 Å².